The van der Waals surface area contributed by atoms with E-state index in [1.165, 1.54) is 16.8 Å². The number of aromatic nitrogens is 2. The lowest BCUT2D eigenvalue weighted by Crippen LogP contribution is -2.41. The molecule has 2 heterocycles. The largest absolute Gasteiger partial charge is 0.508 e. The van der Waals surface area contributed by atoms with Crippen molar-refractivity contribution in [3.05, 3.63) is 41.6 Å². The topological polar surface area (TPSA) is 76.7 Å². The van der Waals surface area contributed by atoms with Crippen molar-refractivity contribution in [2.24, 2.45) is 0 Å². The summed E-state index contributed by atoms with van der Waals surface area (Å²) in [6.07, 6.45) is 0. The third kappa shape index (κ3) is 2.86. The zero-order chi connectivity index (χ0) is 19.6. The van der Waals surface area contributed by atoms with E-state index in [0.717, 1.165) is 0 Å². The van der Waals surface area contributed by atoms with Gasteiger partial charge in [0.25, 0.3) is 0 Å². The van der Waals surface area contributed by atoms with Gasteiger partial charge in [-0.3, -0.25) is 0 Å². The van der Waals surface area contributed by atoms with Crippen molar-refractivity contribution in [1.82, 2.24) is 9.78 Å². The lowest BCUT2D eigenvalue weighted by atomic mass is 9.79. The van der Waals surface area contributed by atoms with Crippen LogP contribution in [0.5, 0.6) is 11.5 Å². The summed E-state index contributed by atoms with van der Waals surface area (Å²) in [6.45, 7) is 7.91. The van der Waals surface area contributed by atoms with Crippen molar-refractivity contribution < 1.29 is 19.5 Å². The van der Waals surface area contributed by atoms with E-state index in [9.17, 15) is 10.2 Å². The highest BCUT2D eigenvalue weighted by atomic mass is 35.5. The Bertz CT molecular complexity index is 1030. The molecule has 1 aliphatic heterocycles. The van der Waals surface area contributed by atoms with Crippen molar-refractivity contribution in [2.75, 3.05) is 0 Å². The van der Waals surface area contributed by atoms with Gasteiger partial charge in [-0.15, -0.1) is 0 Å². The zero-order valence-corrected chi connectivity index (χ0v) is 16.3. The Morgan fingerprint density at radius 2 is 1.67 bits per heavy atom. The van der Waals surface area contributed by atoms with Crippen molar-refractivity contribution in [3.63, 3.8) is 0 Å². The predicted octanol–water partition coefficient (Wildman–Crippen LogP) is 3.39. The van der Waals surface area contributed by atoms with Gasteiger partial charge in [0.2, 0.25) is 0 Å². The second-order valence-electron chi connectivity index (χ2n) is 7.74. The minimum atomic E-state index is -0.570. The van der Waals surface area contributed by atoms with Crippen LogP contribution >= 0.6 is 11.6 Å². The number of rotatable bonds is 2. The summed E-state index contributed by atoms with van der Waals surface area (Å²) >= 11 is 6.41. The molecule has 27 heavy (non-hydrogen) atoms. The highest BCUT2D eigenvalue weighted by Crippen LogP contribution is 2.37. The van der Waals surface area contributed by atoms with Crippen LogP contribution in [-0.2, 0) is 9.31 Å². The number of nitrogens with zero attached hydrogens (tertiary/aromatic N) is 2. The first-order valence-corrected chi connectivity index (χ1v) is 9.03. The predicted molar refractivity (Wildman–Crippen MR) is 105 cm³/mol. The highest BCUT2D eigenvalue weighted by Gasteiger charge is 2.51. The Balaban J connectivity index is 1.72. The van der Waals surface area contributed by atoms with E-state index in [4.69, 9.17) is 20.9 Å². The maximum absolute atomic E-state index is 10.6. The normalized spacial score (nSPS) is 18.3. The molecule has 6 nitrogen and oxygen atoms in total. The van der Waals surface area contributed by atoms with Crippen LogP contribution in [0.2, 0.25) is 5.15 Å². The van der Waals surface area contributed by atoms with Gasteiger partial charge in [-0.2, -0.15) is 5.10 Å². The van der Waals surface area contributed by atoms with E-state index < -0.39 is 18.3 Å². The van der Waals surface area contributed by atoms with Crippen LogP contribution in [0.25, 0.3) is 16.6 Å². The lowest BCUT2D eigenvalue weighted by Gasteiger charge is -2.32. The second-order valence-corrected chi connectivity index (χ2v) is 8.10. The molecule has 8 heteroatoms. The Morgan fingerprint density at radius 3 is 2.30 bits per heavy atom. The average molecular weight is 387 g/mol. The number of aromatic hydroxyl groups is 2. The summed E-state index contributed by atoms with van der Waals surface area (Å²) in [7, 11) is -0.570. The fourth-order valence-electron chi connectivity index (χ4n) is 3.05. The number of phenols is 2. The van der Waals surface area contributed by atoms with E-state index in [0.29, 0.717) is 27.2 Å². The van der Waals surface area contributed by atoms with E-state index in [1.807, 2.05) is 33.8 Å². The van der Waals surface area contributed by atoms with Gasteiger partial charge in [-0.25, -0.2) is 4.68 Å². The van der Waals surface area contributed by atoms with Gasteiger partial charge in [-0.1, -0.05) is 17.7 Å². The first-order chi connectivity index (χ1) is 12.6. The van der Waals surface area contributed by atoms with Gasteiger partial charge in [0.15, 0.2) is 0 Å². The maximum atomic E-state index is 10.6. The van der Waals surface area contributed by atoms with Gasteiger partial charge >= 0.3 is 7.12 Å². The average Bonchev–Trinajstić information content (AvgIpc) is 3.01. The van der Waals surface area contributed by atoms with Gasteiger partial charge in [-0.05, 0) is 63.5 Å². The Hall–Kier alpha value is -2.22. The molecule has 2 aromatic carbocycles. The lowest BCUT2D eigenvalue weighted by molar-refractivity contribution is 0.00578. The summed E-state index contributed by atoms with van der Waals surface area (Å²) in [5, 5.41) is 25.6. The SMILES string of the molecule is CC1(C)OB(c2ccc(-n3nc4ccc(O)cc4c3Cl)c(O)c2)OC1(C)C. The van der Waals surface area contributed by atoms with Gasteiger partial charge in [0, 0.05) is 5.39 Å². The third-order valence-electron chi connectivity index (χ3n) is 5.35. The fourth-order valence-corrected chi connectivity index (χ4v) is 3.33. The van der Waals surface area contributed by atoms with Gasteiger partial charge in [0.1, 0.15) is 22.3 Å². The first-order valence-electron chi connectivity index (χ1n) is 8.65. The van der Waals surface area contributed by atoms with E-state index in [1.54, 1.807) is 18.2 Å². The summed E-state index contributed by atoms with van der Waals surface area (Å²) in [5.41, 5.74) is 0.831. The molecule has 1 saturated heterocycles. The molecular formula is C19H20BClN2O4. The van der Waals surface area contributed by atoms with E-state index in [2.05, 4.69) is 5.10 Å². The molecule has 0 bridgehead atoms. The van der Waals surface area contributed by atoms with Crippen LogP contribution < -0.4 is 5.46 Å². The monoisotopic (exact) mass is 386 g/mol. The van der Waals surface area contributed by atoms with Crippen LogP contribution in [-0.4, -0.2) is 38.3 Å². The third-order valence-corrected chi connectivity index (χ3v) is 5.71. The van der Waals surface area contributed by atoms with Crippen molar-refractivity contribution in [1.29, 1.82) is 0 Å². The van der Waals surface area contributed by atoms with E-state index in [-0.39, 0.29) is 11.5 Å². The minimum absolute atomic E-state index is 0.00106. The molecule has 0 saturated carbocycles. The smallest absolute Gasteiger partial charge is 0.494 e. The molecule has 0 aliphatic carbocycles. The first kappa shape index (κ1) is 18.2. The number of fused-ring (bicyclic) bond motifs is 1. The number of halogens is 1. The molecular weight excluding hydrogens is 366 g/mol. The molecule has 4 rings (SSSR count). The fraction of sp³-hybridized carbons (Fsp3) is 0.316. The molecule has 3 aromatic rings. The van der Waals surface area contributed by atoms with Crippen LogP contribution in [0, 0.1) is 0 Å². The molecule has 0 spiro atoms. The molecule has 2 N–H and O–H groups in total. The summed E-state index contributed by atoms with van der Waals surface area (Å²) < 4.78 is 13.5. The quantitative estimate of drug-likeness (QED) is 0.660. The van der Waals surface area contributed by atoms with Gasteiger partial charge in [0.05, 0.1) is 16.7 Å². The molecule has 1 aromatic heterocycles. The summed E-state index contributed by atoms with van der Waals surface area (Å²) in [4.78, 5) is 0. The molecule has 0 atom stereocenters. The number of hydrogen-bond donors (Lipinski definition) is 2. The standard InChI is InChI=1S/C19H20BClN2O4/c1-18(2)19(3,4)27-20(26-18)11-5-8-15(16(25)9-11)23-17(21)13-10-12(24)6-7-14(13)22-23/h5-10,24-25H,1-4H3. The zero-order valence-electron chi connectivity index (χ0n) is 15.5. The Labute approximate surface area is 162 Å². The summed E-state index contributed by atoms with van der Waals surface area (Å²) in [6, 6.07) is 9.87. The van der Waals surface area contributed by atoms with Crippen LogP contribution in [0.1, 0.15) is 27.7 Å². The molecule has 0 amide bonds. The Kier molecular flexibility index (Phi) is 3.96. The maximum Gasteiger partial charge on any atom is 0.494 e. The Morgan fingerprint density at radius 1 is 1.00 bits per heavy atom. The molecule has 0 radical (unpaired) electrons. The number of benzene rings is 2. The van der Waals surface area contributed by atoms with E-state index >= 15 is 0 Å². The molecule has 1 fully saturated rings. The summed E-state index contributed by atoms with van der Waals surface area (Å²) in [5.74, 6) is 0.102. The van der Waals surface area contributed by atoms with Crippen molar-refractivity contribution >= 4 is 35.1 Å². The van der Waals surface area contributed by atoms with Crippen LogP contribution in [0.15, 0.2) is 36.4 Å². The molecule has 1 aliphatic rings. The minimum Gasteiger partial charge on any atom is -0.508 e. The number of hydrogen-bond acceptors (Lipinski definition) is 5. The second kappa shape index (κ2) is 5.89. The van der Waals surface area contributed by atoms with Crippen LogP contribution in [0.3, 0.4) is 0 Å². The number of phenolic OH excluding ortho intramolecular Hbond substituents is 2. The highest BCUT2D eigenvalue weighted by molar-refractivity contribution is 6.62. The van der Waals surface area contributed by atoms with Crippen LogP contribution in [0.4, 0.5) is 0 Å². The molecule has 0 unspecified atom stereocenters. The van der Waals surface area contributed by atoms with Crippen molar-refractivity contribution in [2.45, 2.75) is 38.9 Å². The molecule has 140 valence electrons. The van der Waals surface area contributed by atoms with Crippen molar-refractivity contribution in [3.8, 4) is 17.2 Å². The van der Waals surface area contributed by atoms with Gasteiger partial charge < -0.3 is 19.5 Å².